The molecule has 35 heavy (non-hydrogen) atoms. The topological polar surface area (TPSA) is 119 Å². The molecular formula is C23H21ClN8O2S. The van der Waals surface area contributed by atoms with E-state index in [4.69, 9.17) is 21.7 Å². The molecule has 0 spiro atoms. The van der Waals surface area contributed by atoms with E-state index < -0.39 is 17.3 Å². The Morgan fingerprint density at radius 2 is 1.80 bits per heavy atom. The molecule has 5 aromatic rings. The Balaban J connectivity index is 1.88. The minimum absolute atomic E-state index is 0.246. The summed E-state index contributed by atoms with van der Waals surface area (Å²) in [6.07, 6.45) is 3.30. The zero-order chi connectivity index (χ0) is 24.9. The van der Waals surface area contributed by atoms with Gasteiger partial charge in [0.15, 0.2) is 17.0 Å². The highest BCUT2D eigenvalue weighted by atomic mass is 35.5. The molecule has 5 rings (SSSR count). The van der Waals surface area contributed by atoms with Gasteiger partial charge in [0.25, 0.3) is 5.56 Å². The van der Waals surface area contributed by atoms with Crippen LogP contribution in [-0.4, -0.2) is 33.4 Å². The summed E-state index contributed by atoms with van der Waals surface area (Å²) in [5.74, 6) is 0.466. The second-order valence-corrected chi connectivity index (χ2v) is 9.13. The monoisotopic (exact) mass is 508 g/mol. The van der Waals surface area contributed by atoms with Crippen LogP contribution in [0.3, 0.4) is 0 Å². The van der Waals surface area contributed by atoms with Gasteiger partial charge in [-0.05, 0) is 61.3 Å². The summed E-state index contributed by atoms with van der Waals surface area (Å²) in [5, 5.41) is 10.4. The van der Waals surface area contributed by atoms with Crippen LogP contribution >= 0.6 is 23.5 Å². The highest BCUT2D eigenvalue weighted by Crippen LogP contribution is 2.29. The molecule has 0 aliphatic heterocycles. The third kappa shape index (κ3) is 3.77. The van der Waals surface area contributed by atoms with E-state index in [0.717, 1.165) is 21.4 Å². The minimum atomic E-state index is -0.512. The Morgan fingerprint density at radius 1 is 1.06 bits per heavy atom. The molecule has 10 nitrogen and oxygen atoms in total. The Kier molecular flexibility index (Phi) is 5.83. The first kappa shape index (κ1) is 23.1. The van der Waals surface area contributed by atoms with Crippen LogP contribution in [-0.2, 0) is 14.1 Å². The lowest BCUT2D eigenvalue weighted by Gasteiger charge is -2.17. The average molecular weight is 509 g/mol. The van der Waals surface area contributed by atoms with Gasteiger partial charge in [-0.1, -0.05) is 11.6 Å². The molecule has 12 heteroatoms. The van der Waals surface area contributed by atoms with Gasteiger partial charge >= 0.3 is 5.69 Å². The Morgan fingerprint density at radius 3 is 2.40 bits per heavy atom. The lowest BCUT2D eigenvalue weighted by molar-refractivity contribution is 0.567. The summed E-state index contributed by atoms with van der Waals surface area (Å²) in [4.78, 5) is 37.0. The lowest BCUT2D eigenvalue weighted by atomic mass is 10.2. The fourth-order valence-corrected chi connectivity index (χ4v) is 4.45. The number of aryl methyl sites for hydroxylation is 1. The van der Waals surface area contributed by atoms with Crippen LogP contribution in [0.15, 0.2) is 69.3 Å². The number of fused-ring (bicyclic) bond motifs is 1. The fraction of sp³-hybridized carbons (Fsp3) is 0.174. The van der Waals surface area contributed by atoms with Crippen molar-refractivity contribution in [1.29, 1.82) is 0 Å². The standard InChI is InChI=1S/C23H21ClN8O2S/c1-13(17-9-8-16(35-25)12-26-17)31-21-19(22(33)29(2)23(31)34)32(15-6-4-14(24)5-7-15)20(28-21)18-10-11-27-30(18)3/h4-13H,25H2,1-3H3/t13-/m0/s1. The molecule has 0 aliphatic carbocycles. The largest absolute Gasteiger partial charge is 0.333 e. The highest BCUT2D eigenvalue weighted by Gasteiger charge is 2.26. The van der Waals surface area contributed by atoms with Crippen LogP contribution in [0.5, 0.6) is 0 Å². The van der Waals surface area contributed by atoms with Gasteiger partial charge in [0, 0.05) is 42.1 Å². The van der Waals surface area contributed by atoms with Crippen LogP contribution in [0.4, 0.5) is 0 Å². The summed E-state index contributed by atoms with van der Waals surface area (Å²) in [6, 6.07) is 12.0. The van der Waals surface area contributed by atoms with Crippen LogP contribution in [0.25, 0.3) is 28.4 Å². The minimum Gasteiger partial charge on any atom is -0.285 e. The van der Waals surface area contributed by atoms with E-state index in [1.165, 1.54) is 11.6 Å². The molecule has 0 amide bonds. The molecule has 0 saturated heterocycles. The predicted molar refractivity (Wildman–Crippen MR) is 136 cm³/mol. The van der Waals surface area contributed by atoms with Crippen molar-refractivity contribution in [2.45, 2.75) is 17.9 Å². The molecule has 0 bridgehead atoms. The molecule has 1 aromatic carbocycles. The van der Waals surface area contributed by atoms with E-state index >= 15 is 0 Å². The van der Waals surface area contributed by atoms with Gasteiger partial charge in [-0.3, -0.25) is 33.3 Å². The summed E-state index contributed by atoms with van der Waals surface area (Å²) in [5.41, 5.74) is 1.52. The van der Waals surface area contributed by atoms with E-state index in [1.807, 2.05) is 19.1 Å². The number of halogens is 1. The normalized spacial score (nSPS) is 12.4. The Bertz CT molecular complexity index is 1670. The number of benzene rings is 1. The van der Waals surface area contributed by atoms with Crippen LogP contribution in [0.1, 0.15) is 18.7 Å². The van der Waals surface area contributed by atoms with Crippen molar-refractivity contribution >= 4 is 34.7 Å². The molecule has 0 aliphatic rings. The van der Waals surface area contributed by atoms with Crippen molar-refractivity contribution in [1.82, 2.24) is 33.4 Å². The maximum Gasteiger partial charge on any atom is 0.333 e. The number of nitrogens with zero attached hydrogens (tertiary/aromatic N) is 7. The quantitative estimate of drug-likeness (QED) is 0.362. The highest BCUT2D eigenvalue weighted by molar-refractivity contribution is 7.97. The van der Waals surface area contributed by atoms with Crippen molar-refractivity contribution < 1.29 is 0 Å². The molecular weight excluding hydrogens is 488 g/mol. The van der Waals surface area contributed by atoms with E-state index in [0.29, 0.717) is 27.9 Å². The second-order valence-electron chi connectivity index (χ2n) is 7.99. The van der Waals surface area contributed by atoms with E-state index in [-0.39, 0.29) is 11.2 Å². The van der Waals surface area contributed by atoms with Gasteiger partial charge in [-0.2, -0.15) is 5.10 Å². The maximum atomic E-state index is 13.5. The summed E-state index contributed by atoms with van der Waals surface area (Å²) < 4.78 is 5.97. The predicted octanol–water partition coefficient (Wildman–Crippen LogP) is 2.91. The summed E-state index contributed by atoms with van der Waals surface area (Å²) in [7, 11) is 3.24. The first-order valence-corrected chi connectivity index (χ1v) is 11.9. The first-order chi connectivity index (χ1) is 16.8. The van der Waals surface area contributed by atoms with E-state index in [1.54, 1.807) is 59.0 Å². The van der Waals surface area contributed by atoms with Crippen molar-refractivity contribution in [2.75, 3.05) is 0 Å². The number of pyridine rings is 1. The number of aromatic nitrogens is 7. The molecule has 2 N–H and O–H groups in total. The third-order valence-electron chi connectivity index (χ3n) is 5.93. The van der Waals surface area contributed by atoms with Gasteiger partial charge < -0.3 is 0 Å². The van der Waals surface area contributed by atoms with Gasteiger partial charge in [0.05, 0.1) is 11.7 Å². The lowest BCUT2D eigenvalue weighted by Crippen LogP contribution is -2.40. The summed E-state index contributed by atoms with van der Waals surface area (Å²) in [6.45, 7) is 1.84. The molecule has 0 fully saturated rings. The van der Waals surface area contributed by atoms with E-state index in [9.17, 15) is 9.59 Å². The van der Waals surface area contributed by atoms with Gasteiger partial charge in [0.2, 0.25) is 0 Å². The van der Waals surface area contributed by atoms with Crippen molar-refractivity contribution in [2.24, 2.45) is 19.2 Å². The molecule has 0 unspecified atom stereocenters. The summed E-state index contributed by atoms with van der Waals surface area (Å²) >= 11 is 7.21. The smallest absolute Gasteiger partial charge is 0.285 e. The molecule has 1 atom stereocenters. The number of rotatable bonds is 5. The Labute approximate surface area is 208 Å². The zero-order valence-electron chi connectivity index (χ0n) is 19.1. The first-order valence-electron chi connectivity index (χ1n) is 10.6. The molecule has 178 valence electrons. The van der Waals surface area contributed by atoms with Gasteiger partial charge in [-0.25, -0.2) is 9.78 Å². The number of hydrogen-bond acceptors (Lipinski definition) is 7. The molecule has 0 saturated carbocycles. The van der Waals surface area contributed by atoms with Gasteiger partial charge in [-0.15, -0.1) is 0 Å². The zero-order valence-corrected chi connectivity index (χ0v) is 20.7. The Hall–Kier alpha value is -3.67. The van der Waals surface area contributed by atoms with Crippen molar-refractivity contribution in [3.8, 4) is 17.2 Å². The van der Waals surface area contributed by atoms with Crippen molar-refractivity contribution in [3.05, 3.63) is 86.4 Å². The maximum absolute atomic E-state index is 13.5. The van der Waals surface area contributed by atoms with Crippen LogP contribution in [0, 0.1) is 0 Å². The number of hydrogen-bond donors (Lipinski definition) is 1. The average Bonchev–Trinajstić information content (AvgIpc) is 3.46. The van der Waals surface area contributed by atoms with Crippen LogP contribution in [0.2, 0.25) is 5.02 Å². The molecule has 0 radical (unpaired) electrons. The van der Waals surface area contributed by atoms with Gasteiger partial charge in [0.1, 0.15) is 5.69 Å². The second kappa shape index (κ2) is 8.84. The number of imidazole rings is 1. The third-order valence-corrected chi connectivity index (χ3v) is 6.70. The number of nitrogens with two attached hydrogens (primary N) is 1. The molecule has 4 aromatic heterocycles. The fourth-order valence-electron chi connectivity index (χ4n) is 4.06. The van der Waals surface area contributed by atoms with Crippen LogP contribution < -0.4 is 16.4 Å². The van der Waals surface area contributed by atoms with Crippen molar-refractivity contribution in [3.63, 3.8) is 0 Å². The van der Waals surface area contributed by atoms with E-state index in [2.05, 4.69) is 10.1 Å². The molecule has 4 heterocycles. The SMILES string of the molecule is C[C@@H](c1ccc(SN)cn1)n1c(=O)n(C)c(=O)c2c1nc(-c1ccnn1C)n2-c1ccc(Cl)cc1.